The van der Waals surface area contributed by atoms with Crippen LogP contribution in [0, 0.1) is 0 Å². The molecule has 1 heterocycles. The number of rotatable bonds is 5. The lowest BCUT2D eigenvalue weighted by Gasteiger charge is -2.13. The zero-order valence-electron chi connectivity index (χ0n) is 12.2. The molecule has 1 atom stereocenters. The summed E-state index contributed by atoms with van der Waals surface area (Å²) in [5.41, 5.74) is 1.68. The van der Waals surface area contributed by atoms with Gasteiger partial charge in [0.1, 0.15) is 5.75 Å². The van der Waals surface area contributed by atoms with Crippen LogP contribution in [0.25, 0.3) is 0 Å². The zero-order chi connectivity index (χ0) is 16.4. The molecule has 23 heavy (non-hydrogen) atoms. The summed E-state index contributed by atoms with van der Waals surface area (Å²) in [5, 5.41) is 10.6. The van der Waals surface area contributed by atoms with Gasteiger partial charge in [-0.1, -0.05) is 23.7 Å². The van der Waals surface area contributed by atoms with Gasteiger partial charge < -0.3 is 9.84 Å². The fourth-order valence-corrected chi connectivity index (χ4v) is 3.78. The van der Waals surface area contributed by atoms with Crippen LogP contribution in [0.3, 0.4) is 0 Å². The number of sulfonamides is 1. The summed E-state index contributed by atoms with van der Waals surface area (Å²) >= 11 is 5.81. The molecule has 5 nitrogen and oxygen atoms in total. The average Bonchev–Trinajstić information content (AvgIpc) is 3.00. The number of aliphatic hydroxyl groups is 1. The van der Waals surface area contributed by atoms with E-state index in [1.807, 2.05) is 6.07 Å². The normalized spacial score (nSPS) is 15.0. The van der Waals surface area contributed by atoms with Gasteiger partial charge in [-0.05, 0) is 41.5 Å². The molecule has 0 fully saturated rings. The number of hydrogen-bond donors (Lipinski definition) is 2. The lowest BCUT2D eigenvalue weighted by Crippen LogP contribution is -2.28. The van der Waals surface area contributed by atoms with E-state index in [-0.39, 0.29) is 11.4 Å². The number of nitrogens with one attached hydrogen (secondary N) is 1. The van der Waals surface area contributed by atoms with E-state index in [1.54, 1.807) is 24.3 Å². The van der Waals surface area contributed by atoms with Gasteiger partial charge in [0.15, 0.2) is 0 Å². The Labute approximate surface area is 139 Å². The molecule has 0 amide bonds. The van der Waals surface area contributed by atoms with Crippen molar-refractivity contribution >= 4 is 21.6 Å². The van der Waals surface area contributed by atoms with E-state index in [9.17, 15) is 13.5 Å². The lowest BCUT2D eigenvalue weighted by molar-refractivity contribution is 0.182. The number of benzene rings is 2. The Balaban J connectivity index is 1.70. The van der Waals surface area contributed by atoms with E-state index < -0.39 is 16.1 Å². The summed E-state index contributed by atoms with van der Waals surface area (Å²) in [4.78, 5) is 0.0690. The molecule has 1 aliphatic rings. The molecule has 7 heteroatoms. The molecular weight excluding hydrogens is 338 g/mol. The van der Waals surface area contributed by atoms with Crippen molar-refractivity contribution in [1.29, 1.82) is 0 Å². The quantitative estimate of drug-likeness (QED) is 0.864. The Kier molecular flexibility index (Phi) is 4.59. The second kappa shape index (κ2) is 6.49. The summed E-state index contributed by atoms with van der Waals surface area (Å²) in [5.74, 6) is 0.820. The topological polar surface area (TPSA) is 75.6 Å². The van der Waals surface area contributed by atoms with Gasteiger partial charge in [0.25, 0.3) is 0 Å². The van der Waals surface area contributed by atoms with E-state index in [2.05, 4.69) is 4.72 Å². The molecule has 0 saturated heterocycles. The van der Waals surface area contributed by atoms with Gasteiger partial charge in [0.05, 0.1) is 17.6 Å². The molecule has 1 unspecified atom stereocenters. The van der Waals surface area contributed by atoms with Crippen LogP contribution in [-0.4, -0.2) is 26.7 Å². The van der Waals surface area contributed by atoms with Crippen LogP contribution in [0.4, 0.5) is 0 Å². The summed E-state index contributed by atoms with van der Waals surface area (Å²) in [6.45, 7) is 0.519. The summed E-state index contributed by atoms with van der Waals surface area (Å²) in [6, 6.07) is 11.4. The first kappa shape index (κ1) is 16.3. The Morgan fingerprint density at radius 1 is 1.26 bits per heavy atom. The minimum atomic E-state index is -3.72. The minimum absolute atomic E-state index is 0.0690. The standard InChI is InChI=1S/C16H16ClNO4S/c17-13-2-1-3-14(9-13)23(20,21)18-10-15(19)11-4-5-16-12(8-11)6-7-22-16/h1-5,8-9,15,18-19H,6-7,10H2. The third-order valence-electron chi connectivity index (χ3n) is 3.67. The molecule has 3 rings (SSSR count). The molecular formula is C16H16ClNO4S. The van der Waals surface area contributed by atoms with Crippen LogP contribution in [0.2, 0.25) is 5.02 Å². The highest BCUT2D eigenvalue weighted by Crippen LogP contribution is 2.28. The maximum absolute atomic E-state index is 12.2. The SMILES string of the molecule is O=S(=O)(NCC(O)c1ccc2c(c1)CCO2)c1cccc(Cl)c1. The summed E-state index contributed by atoms with van der Waals surface area (Å²) in [7, 11) is -3.72. The Bertz CT molecular complexity index is 823. The number of aliphatic hydroxyl groups excluding tert-OH is 1. The highest BCUT2D eigenvalue weighted by atomic mass is 35.5. The van der Waals surface area contributed by atoms with E-state index in [1.165, 1.54) is 12.1 Å². The van der Waals surface area contributed by atoms with Crippen LogP contribution >= 0.6 is 11.6 Å². The molecule has 0 saturated carbocycles. The van der Waals surface area contributed by atoms with Crippen molar-refractivity contribution in [2.75, 3.05) is 13.2 Å². The van der Waals surface area contributed by atoms with Gasteiger partial charge in [-0.3, -0.25) is 0 Å². The fourth-order valence-electron chi connectivity index (χ4n) is 2.44. The predicted octanol–water partition coefficient (Wildman–Crippen LogP) is 2.29. The van der Waals surface area contributed by atoms with Crippen molar-refractivity contribution in [3.8, 4) is 5.75 Å². The summed E-state index contributed by atoms with van der Waals surface area (Å²) < 4.78 is 32.2. The van der Waals surface area contributed by atoms with Crippen LogP contribution in [0.5, 0.6) is 5.75 Å². The monoisotopic (exact) mass is 353 g/mol. The van der Waals surface area contributed by atoms with Crippen LogP contribution in [0.15, 0.2) is 47.4 Å². The Morgan fingerprint density at radius 3 is 2.87 bits per heavy atom. The second-order valence-electron chi connectivity index (χ2n) is 5.29. The first-order valence-corrected chi connectivity index (χ1v) is 9.01. The van der Waals surface area contributed by atoms with Gasteiger partial charge in [0, 0.05) is 18.0 Å². The van der Waals surface area contributed by atoms with Crippen molar-refractivity contribution in [3.05, 3.63) is 58.6 Å². The molecule has 1 aliphatic heterocycles. The van der Waals surface area contributed by atoms with Gasteiger partial charge >= 0.3 is 0 Å². The van der Waals surface area contributed by atoms with Crippen molar-refractivity contribution in [1.82, 2.24) is 4.72 Å². The second-order valence-corrected chi connectivity index (χ2v) is 7.49. The van der Waals surface area contributed by atoms with Gasteiger partial charge in [-0.2, -0.15) is 0 Å². The van der Waals surface area contributed by atoms with E-state index in [4.69, 9.17) is 16.3 Å². The smallest absolute Gasteiger partial charge is 0.240 e. The minimum Gasteiger partial charge on any atom is -0.493 e. The van der Waals surface area contributed by atoms with Gasteiger partial charge in [0.2, 0.25) is 10.0 Å². The molecule has 0 bridgehead atoms. The number of ether oxygens (including phenoxy) is 1. The van der Waals surface area contributed by atoms with Crippen molar-refractivity contribution in [2.24, 2.45) is 0 Å². The van der Waals surface area contributed by atoms with Crippen LogP contribution < -0.4 is 9.46 Å². The predicted molar refractivity (Wildman–Crippen MR) is 87.2 cm³/mol. The maximum Gasteiger partial charge on any atom is 0.240 e. The lowest BCUT2D eigenvalue weighted by atomic mass is 10.0. The molecule has 2 aromatic rings. The van der Waals surface area contributed by atoms with Crippen LogP contribution in [0.1, 0.15) is 17.2 Å². The van der Waals surface area contributed by atoms with E-state index >= 15 is 0 Å². The molecule has 0 radical (unpaired) electrons. The van der Waals surface area contributed by atoms with Crippen molar-refractivity contribution < 1.29 is 18.3 Å². The fraction of sp³-hybridized carbons (Fsp3) is 0.250. The highest BCUT2D eigenvalue weighted by molar-refractivity contribution is 7.89. The largest absolute Gasteiger partial charge is 0.493 e. The van der Waals surface area contributed by atoms with Gasteiger partial charge in [-0.15, -0.1) is 0 Å². The first-order chi connectivity index (χ1) is 11.0. The maximum atomic E-state index is 12.2. The Hall–Kier alpha value is -1.60. The number of halogens is 1. The first-order valence-electron chi connectivity index (χ1n) is 7.14. The van der Waals surface area contributed by atoms with Gasteiger partial charge in [-0.25, -0.2) is 13.1 Å². The Morgan fingerprint density at radius 2 is 2.09 bits per heavy atom. The van der Waals surface area contributed by atoms with E-state index in [0.717, 1.165) is 17.7 Å². The molecule has 122 valence electrons. The highest BCUT2D eigenvalue weighted by Gasteiger charge is 2.19. The average molecular weight is 354 g/mol. The molecule has 0 aromatic heterocycles. The van der Waals surface area contributed by atoms with E-state index in [0.29, 0.717) is 17.2 Å². The molecule has 2 N–H and O–H groups in total. The molecule has 0 spiro atoms. The molecule has 2 aromatic carbocycles. The third-order valence-corrected chi connectivity index (χ3v) is 5.33. The number of fused-ring (bicyclic) bond motifs is 1. The van der Waals surface area contributed by atoms with Crippen molar-refractivity contribution in [3.63, 3.8) is 0 Å². The molecule has 0 aliphatic carbocycles. The third kappa shape index (κ3) is 3.67. The van der Waals surface area contributed by atoms with Crippen LogP contribution in [-0.2, 0) is 16.4 Å². The van der Waals surface area contributed by atoms with Crippen molar-refractivity contribution in [2.45, 2.75) is 17.4 Å². The number of hydrogen-bond acceptors (Lipinski definition) is 4. The zero-order valence-corrected chi connectivity index (χ0v) is 13.8. The summed E-state index contributed by atoms with van der Waals surface area (Å²) in [6.07, 6.45) is -0.140.